The quantitative estimate of drug-likeness (QED) is 0.836. The number of carbonyl (C=O) groups excluding carboxylic acids is 1. The molecule has 0 aromatic heterocycles. The lowest BCUT2D eigenvalue weighted by atomic mass is 9.63. The highest BCUT2D eigenvalue weighted by Crippen LogP contribution is 2.62. The van der Waals surface area contributed by atoms with E-state index < -0.39 is 12.0 Å². The molecule has 24 heavy (non-hydrogen) atoms. The van der Waals surface area contributed by atoms with E-state index in [0.717, 1.165) is 12.0 Å². The van der Waals surface area contributed by atoms with Gasteiger partial charge in [-0.05, 0) is 42.6 Å². The third-order valence-electron chi connectivity index (χ3n) is 6.48. The van der Waals surface area contributed by atoms with Crippen LogP contribution in [0.4, 0.5) is 8.78 Å². The first-order valence-corrected chi connectivity index (χ1v) is 8.74. The molecule has 0 aliphatic heterocycles. The summed E-state index contributed by atoms with van der Waals surface area (Å²) in [5.74, 6) is -0.223. The van der Waals surface area contributed by atoms with Crippen molar-refractivity contribution in [2.75, 3.05) is 6.54 Å². The Kier molecular flexibility index (Phi) is 4.41. The molecule has 1 aromatic carbocycles. The van der Waals surface area contributed by atoms with E-state index in [-0.39, 0.29) is 29.8 Å². The van der Waals surface area contributed by atoms with Gasteiger partial charge < -0.3 is 5.73 Å². The van der Waals surface area contributed by atoms with Gasteiger partial charge in [0.2, 0.25) is 5.91 Å². The maximum Gasteiger partial charge on any atom is 0.295 e. The standard InChI is InChI=1S/C19H26F2N2O/c1-3-23(17(20)21)15-10-18(14-7-5-4-6-8-14)9-13(2)19(11-15,12-18)16(22)24/h4-8,13,15,17H,3,9-12H2,1-2H3,(H2,22,24). The number of amides is 1. The predicted molar refractivity (Wildman–Crippen MR) is 89.6 cm³/mol. The third-order valence-corrected chi connectivity index (χ3v) is 6.48. The SMILES string of the molecule is CCN(C(F)F)C1CC2(c3ccccc3)CC(C)C(C(N)=O)(C1)C2. The molecule has 1 amide bonds. The Hall–Kier alpha value is -1.49. The summed E-state index contributed by atoms with van der Waals surface area (Å²) in [6.07, 6.45) is 2.61. The molecule has 0 heterocycles. The first-order chi connectivity index (χ1) is 11.3. The van der Waals surface area contributed by atoms with Crippen molar-refractivity contribution in [3.05, 3.63) is 35.9 Å². The number of hydrogen-bond acceptors (Lipinski definition) is 2. The number of hydrogen-bond donors (Lipinski definition) is 1. The number of carbonyl (C=O) groups is 1. The number of benzene rings is 1. The van der Waals surface area contributed by atoms with Crippen molar-refractivity contribution < 1.29 is 13.6 Å². The largest absolute Gasteiger partial charge is 0.369 e. The van der Waals surface area contributed by atoms with E-state index in [1.54, 1.807) is 6.92 Å². The van der Waals surface area contributed by atoms with Crippen molar-refractivity contribution in [3.8, 4) is 0 Å². The monoisotopic (exact) mass is 336 g/mol. The van der Waals surface area contributed by atoms with Crippen LogP contribution in [-0.4, -0.2) is 29.9 Å². The number of halogens is 2. The van der Waals surface area contributed by atoms with Gasteiger partial charge in [0, 0.05) is 12.6 Å². The normalized spacial score (nSPS) is 35.6. The maximum absolute atomic E-state index is 13.5. The Labute approximate surface area is 142 Å². The summed E-state index contributed by atoms with van der Waals surface area (Å²) in [7, 11) is 0. The summed E-state index contributed by atoms with van der Waals surface area (Å²) < 4.78 is 27.0. The van der Waals surface area contributed by atoms with Gasteiger partial charge >= 0.3 is 0 Å². The minimum absolute atomic E-state index is 0.108. The number of alkyl halides is 2. The van der Waals surface area contributed by atoms with Gasteiger partial charge in [-0.3, -0.25) is 4.79 Å². The summed E-state index contributed by atoms with van der Waals surface area (Å²) in [6, 6.07) is 9.72. The minimum atomic E-state index is -2.51. The van der Waals surface area contributed by atoms with E-state index in [1.165, 1.54) is 4.90 Å². The molecule has 2 fully saturated rings. The number of nitrogens with two attached hydrogens (primary N) is 1. The van der Waals surface area contributed by atoms with Gasteiger partial charge in [-0.15, -0.1) is 0 Å². The highest BCUT2D eigenvalue weighted by Gasteiger charge is 2.61. The molecule has 2 bridgehead atoms. The van der Waals surface area contributed by atoms with E-state index >= 15 is 0 Å². The average Bonchev–Trinajstić information content (AvgIpc) is 2.76. The molecule has 4 unspecified atom stereocenters. The molecule has 2 N–H and O–H groups in total. The van der Waals surface area contributed by atoms with Crippen molar-refractivity contribution in [1.29, 1.82) is 0 Å². The second-order valence-electron chi connectivity index (χ2n) is 7.62. The Balaban J connectivity index is 2.06. The molecule has 2 aliphatic carbocycles. The molecule has 5 heteroatoms. The molecular weight excluding hydrogens is 310 g/mol. The Morgan fingerprint density at radius 3 is 2.50 bits per heavy atom. The molecule has 1 aromatic rings. The Morgan fingerprint density at radius 2 is 1.96 bits per heavy atom. The van der Waals surface area contributed by atoms with E-state index in [1.807, 2.05) is 18.2 Å². The van der Waals surface area contributed by atoms with Crippen LogP contribution in [-0.2, 0) is 10.2 Å². The average molecular weight is 336 g/mol. The predicted octanol–water partition coefficient (Wildman–Crippen LogP) is 3.53. The van der Waals surface area contributed by atoms with Crippen molar-refractivity contribution >= 4 is 5.91 Å². The lowest BCUT2D eigenvalue weighted by Crippen LogP contribution is -2.52. The van der Waals surface area contributed by atoms with Gasteiger partial charge in [0.1, 0.15) is 0 Å². The maximum atomic E-state index is 13.5. The number of primary amides is 1. The molecule has 132 valence electrons. The van der Waals surface area contributed by atoms with Crippen LogP contribution in [0.15, 0.2) is 30.3 Å². The van der Waals surface area contributed by atoms with Gasteiger partial charge in [0.05, 0.1) is 5.41 Å². The summed E-state index contributed by atoms with van der Waals surface area (Å²) in [5, 5.41) is 0. The fourth-order valence-electron chi connectivity index (χ4n) is 5.35. The van der Waals surface area contributed by atoms with Crippen LogP contribution < -0.4 is 5.73 Å². The molecule has 0 saturated heterocycles. The molecule has 0 spiro atoms. The molecular formula is C19H26F2N2O. The van der Waals surface area contributed by atoms with Crippen LogP contribution in [0.2, 0.25) is 0 Å². The molecule has 2 saturated carbocycles. The first-order valence-electron chi connectivity index (χ1n) is 8.74. The van der Waals surface area contributed by atoms with Gasteiger partial charge in [-0.25, -0.2) is 4.90 Å². The fraction of sp³-hybridized carbons (Fsp3) is 0.632. The summed E-state index contributed by atoms with van der Waals surface area (Å²) in [6.45, 7) is 1.57. The lowest BCUT2D eigenvalue weighted by Gasteiger charge is -2.46. The lowest BCUT2D eigenvalue weighted by molar-refractivity contribution is -0.135. The molecule has 4 atom stereocenters. The highest BCUT2D eigenvalue weighted by atomic mass is 19.3. The van der Waals surface area contributed by atoms with E-state index in [0.29, 0.717) is 19.3 Å². The third kappa shape index (κ3) is 2.53. The van der Waals surface area contributed by atoms with Gasteiger partial charge in [0.15, 0.2) is 0 Å². The van der Waals surface area contributed by atoms with Crippen molar-refractivity contribution in [2.45, 2.75) is 57.5 Å². The summed E-state index contributed by atoms with van der Waals surface area (Å²) >= 11 is 0. The fourth-order valence-corrected chi connectivity index (χ4v) is 5.35. The van der Waals surface area contributed by atoms with Crippen LogP contribution in [0.3, 0.4) is 0 Å². The Bertz CT molecular complexity index is 609. The van der Waals surface area contributed by atoms with E-state index in [2.05, 4.69) is 19.1 Å². The summed E-state index contributed by atoms with van der Waals surface area (Å²) in [5.41, 5.74) is 6.04. The smallest absolute Gasteiger partial charge is 0.295 e. The molecule has 0 radical (unpaired) electrons. The Morgan fingerprint density at radius 1 is 1.29 bits per heavy atom. The zero-order valence-electron chi connectivity index (χ0n) is 14.3. The topological polar surface area (TPSA) is 46.3 Å². The van der Waals surface area contributed by atoms with Gasteiger partial charge in [-0.1, -0.05) is 44.2 Å². The van der Waals surface area contributed by atoms with Gasteiger partial charge in [0.25, 0.3) is 6.55 Å². The van der Waals surface area contributed by atoms with Crippen LogP contribution in [0, 0.1) is 11.3 Å². The highest BCUT2D eigenvalue weighted by molar-refractivity contribution is 5.82. The molecule has 3 nitrogen and oxygen atoms in total. The second-order valence-corrected chi connectivity index (χ2v) is 7.62. The number of fused-ring (bicyclic) bond motifs is 2. The molecule has 2 aliphatic rings. The van der Waals surface area contributed by atoms with Gasteiger partial charge in [-0.2, -0.15) is 8.78 Å². The zero-order chi connectivity index (χ0) is 17.5. The number of nitrogens with zero attached hydrogens (tertiary/aromatic N) is 1. The van der Waals surface area contributed by atoms with Crippen molar-refractivity contribution in [3.63, 3.8) is 0 Å². The minimum Gasteiger partial charge on any atom is -0.369 e. The van der Waals surface area contributed by atoms with Crippen molar-refractivity contribution in [1.82, 2.24) is 4.90 Å². The zero-order valence-corrected chi connectivity index (χ0v) is 14.3. The van der Waals surface area contributed by atoms with Crippen LogP contribution in [0.1, 0.15) is 45.1 Å². The number of rotatable bonds is 5. The van der Waals surface area contributed by atoms with Crippen molar-refractivity contribution in [2.24, 2.45) is 17.1 Å². The van der Waals surface area contributed by atoms with Crippen LogP contribution in [0.5, 0.6) is 0 Å². The molecule has 3 rings (SSSR count). The first kappa shape index (κ1) is 17.3. The van der Waals surface area contributed by atoms with E-state index in [4.69, 9.17) is 5.73 Å². The van der Waals surface area contributed by atoms with Crippen LogP contribution >= 0.6 is 0 Å². The van der Waals surface area contributed by atoms with Crippen LogP contribution in [0.25, 0.3) is 0 Å². The summed E-state index contributed by atoms with van der Waals surface area (Å²) in [4.78, 5) is 13.6. The second kappa shape index (κ2) is 6.10. The van der Waals surface area contributed by atoms with E-state index in [9.17, 15) is 13.6 Å².